The van der Waals surface area contributed by atoms with E-state index >= 15 is 0 Å². The number of piperidine rings is 1. The molecule has 1 unspecified atom stereocenters. The maximum atomic E-state index is 13.5. The first-order chi connectivity index (χ1) is 17.2. The summed E-state index contributed by atoms with van der Waals surface area (Å²) in [5.74, 6) is -1.08. The Balaban J connectivity index is 1.33. The summed E-state index contributed by atoms with van der Waals surface area (Å²) in [6.45, 7) is 1.11. The van der Waals surface area contributed by atoms with Crippen LogP contribution in [-0.2, 0) is 6.18 Å². The zero-order valence-electron chi connectivity index (χ0n) is 19.5. The summed E-state index contributed by atoms with van der Waals surface area (Å²) in [6, 6.07) is 9.73. The molecular weight excluding hydrogens is 476 g/mol. The number of nitrogens with zero attached hydrogens (tertiary/aromatic N) is 5. The molecule has 2 aromatic carbocycles. The number of amides is 1. The first-order valence-corrected chi connectivity index (χ1v) is 11.6. The highest BCUT2D eigenvalue weighted by Gasteiger charge is 2.37. The molecule has 36 heavy (non-hydrogen) atoms. The van der Waals surface area contributed by atoms with Gasteiger partial charge in [-0.25, -0.2) is 4.39 Å². The van der Waals surface area contributed by atoms with Crippen molar-refractivity contribution in [1.82, 2.24) is 20.5 Å². The zero-order valence-corrected chi connectivity index (χ0v) is 19.5. The van der Waals surface area contributed by atoms with Gasteiger partial charge in [0.05, 0.1) is 22.9 Å². The van der Waals surface area contributed by atoms with Crippen LogP contribution < -0.4 is 10.3 Å². The van der Waals surface area contributed by atoms with Gasteiger partial charge in [-0.2, -0.15) is 23.4 Å². The summed E-state index contributed by atoms with van der Waals surface area (Å²) >= 11 is 0. The smallest absolute Gasteiger partial charge is 0.354 e. The molecule has 2 aliphatic heterocycles. The Morgan fingerprint density at radius 1 is 1.08 bits per heavy atom. The minimum atomic E-state index is -4.83. The number of anilines is 1. The summed E-state index contributed by atoms with van der Waals surface area (Å²) in [5, 5.41) is 15.0. The Morgan fingerprint density at radius 3 is 2.47 bits per heavy atom. The number of carbonyl (C=O) groups is 1. The highest BCUT2D eigenvalue weighted by Crippen LogP contribution is 2.35. The Labute approximate surface area is 204 Å². The number of hydrogen-bond donors (Lipinski definition) is 1. The molecule has 1 atom stereocenters. The van der Waals surface area contributed by atoms with E-state index in [0.717, 1.165) is 40.8 Å². The first-order valence-electron chi connectivity index (χ1n) is 11.6. The van der Waals surface area contributed by atoms with Crippen molar-refractivity contribution in [3.8, 4) is 0 Å². The summed E-state index contributed by atoms with van der Waals surface area (Å²) < 4.78 is 53.7. The van der Waals surface area contributed by atoms with Gasteiger partial charge in [-0.05, 0) is 31.0 Å². The van der Waals surface area contributed by atoms with Crippen LogP contribution in [0.4, 0.5) is 23.4 Å². The van der Waals surface area contributed by atoms with Gasteiger partial charge in [-0.3, -0.25) is 4.79 Å². The molecule has 7 nitrogen and oxygen atoms in total. The van der Waals surface area contributed by atoms with Gasteiger partial charge >= 0.3 is 6.18 Å². The van der Waals surface area contributed by atoms with Crippen molar-refractivity contribution in [2.24, 2.45) is 5.10 Å². The molecule has 0 radical (unpaired) electrons. The fourth-order valence-corrected chi connectivity index (χ4v) is 4.89. The van der Waals surface area contributed by atoms with Gasteiger partial charge in [0.1, 0.15) is 5.82 Å². The van der Waals surface area contributed by atoms with Gasteiger partial charge in [0.2, 0.25) is 0 Å². The molecule has 0 spiro atoms. The van der Waals surface area contributed by atoms with Crippen molar-refractivity contribution in [2.45, 2.75) is 37.5 Å². The molecule has 1 aromatic heterocycles. The van der Waals surface area contributed by atoms with E-state index in [-0.39, 0.29) is 12.1 Å². The monoisotopic (exact) mass is 500 g/mol. The molecule has 0 saturated carbocycles. The molecule has 1 amide bonds. The molecule has 11 heteroatoms. The highest BCUT2D eigenvalue weighted by molar-refractivity contribution is 5.96. The lowest BCUT2D eigenvalue weighted by Gasteiger charge is -2.37. The van der Waals surface area contributed by atoms with E-state index in [0.29, 0.717) is 32.0 Å². The van der Waals surface area contributed by atoms with Crippen LogP contribution in [0.15, 0.2) is 47.6 Å². The van der Waals surface area contributed by atoms with Crippen molar-refractivity contribution >= 4 is 28.7 Å². The van der Waals surface area contributed by atoms with Crippen molar-refractivity contribution in [3.05, 3.63) is 65.1 Å². The average Bonchev–Trinajstić information content (AvgIpc) is 3.42. The number of hydrogen-bond acceptors (Lipinski definition) is 6. The number of hydrazone groups is 1. The Kier molecular flexibility index (Phi) is 6.23. The molecule has 1 N–H and O–H groups in total. The van der Waals surface area contributed by atoms with Gasteiger partial charge in [0.25, 0.3) is 5.91 Å². The minimum absolute atomic E-state index is 0.0325. The van der Waals surface area contributed by atoms with Gasteiger partial charge in [-0.15, -0.1) is 5.10 Å². The number of halogens is 4. The Hall–Kier alpha value is -3.76. The number of carbonyl (C=O) groups excluding carboxylic acids is 1. The van der Waals surface area contributed by atoms with E-state index in [1.807, 2.05) is 24.3 Å². The third kappa shape index (κ3) is 4.45. The number of benzene rings is 2. The lowest BCUT2D eigenvalue weighted by atomic mass is 9.99. The number of aromatic nitrogens is 2. The average molecular weight is 501 g/mol. The van der Waals surface area contributed by atoms with Crippen LogP contribution in [0.2, 0.25) is 0 Å². The van der Waals surface area contributed by atoms with E-state index in [2.05, 4.69) is 25.6 Å². The summed E-state index contributed by atoms with van der Waals surface area (Å²) in [6.07, 6.45) is -1.21. The fraction of sp³-hybridized carbons (Fsp3) is 0.360. The maximum Gasteiger partial charge on any atom is 0.417 e. The van der Waals surface area contributed by atoms with E-state index in [4.69, 9.17) is 0 Å². The Bertz CT molecular complexity index is 1310. The normalized spacial score (nSPS) is 18.5. The molecule has 0 bridgehead atoms. The number of nitrogens with one attached hydrogen (secondary N) is 1. The number of fused-ring (bicyclic) bond motifs is 1. The van der Waals surface area contributed by atoms with E-state index in [1.54, 1.807) is 6.21 Å². The quantitative estimate of drug-likeness (QED) is 0.533. The van der Waals surface area contributed by atoms with Gasteiger partial charge in [-0.1, -0.05) is 24.3 Å². The highest BCUT2D eigenvalue weighted by atomic mass is 19.4. The van der Waals surface area contributed by atoms with Crippen molar-refractivity contribution < 1.29 is 22.4 Å². The third-order valence-electron chi connectivity index (χ3n) is 6.84. The van der Waals surface area contributed by atoms with Crippen LogP contribution in [0.3, 0.4) is 0 Å². The van der Waals surface area contributed by atoms with Gasteiger partial charge in [0, 0.05) is 49.6 Å². The third-order valence-corrected chi connectivity index (χ3v) is 6.84. The maximum absolute atomic E-state index is 13.5. The predicted molar refractivity (Wildman–Crippen MR) is 127 cm³/mol. The topological polar surface area (TPSA) is 73.7 Å². The lowest BCUT2D eigenvalue weighted by molar-refractivity contribution is -0.138. The molecular formula is C25H24F4N6O. The SMILES string of the molecule is CN(C(=O)c1ccc(F)cc1C(F)(F)F)C1CCN(c2nnc(C3CC=NN3)c3ccccc23)CC1. The molecule has 3 heterocycles. The van der Waals surface area contributed by atoms with E-state index in [1.165, 1.54) is 11.9 Å². The molecule has 1 saturated heterocycles. The molecule has 5 rings (SSSR count). The van der Waals surface area contributed by atoms with E-state index < -0.39 is 29.0 Å². The zero-order chi connectivity index (χ0) is 25.4. The van der Waals surface area contributed by atoms with Crippen LogP contribution in [0.5, 0.6) is 0 Å². The van der Waals surface area contributed by atoms with Gasteiger partial charge in [0.15, 0.2) is 5.82 Å². The summed E-state index contributed by atoms with van der Waals surface area (Å²) in [5.41, 5.74) is 2.06. The Morgan fingerprint density at radius 2 is 1.81 bits per heavy atom. The van der Waals surface area contributed by atoms with Crippen LogP contribution in [-0.4, -0.2) is 53.4 Å². The predicted octanol–water partition coefficient (Wildman–Crippen LogP) is 4.55. The first kappa shape index (κ1) is 24.0. The van der Waals surface area contributed by atoms with Crippen LogP contribution in [0, 0.1) is 5.82 Å². The van der Waals surface area contributed by atoms with Crippen LogP contribution in [0.25, 0.3) is 10.8 Å². The van der Waals surface area contributed by atoms with Crippen LogP contribution >= 0.6 is 0 Å². The van der Waals surface area contributed by atoms with Crippen molar-refractivity contribution in [3.63, 3.8) is 0 Å². The minimum Gasteiger partial charge on any atom is -0.354 e. The van der Waals surface area contributed by atoms with Crippen LogP contribution in [0.1, 0.15) is 46.9 Å². The molecule has 2 aliphatic rings. The second kappa shape index (κ2) is 9.36. The molecule has 1 fully saturated rings. The van der Waals surface area contributed by atoms with Gasteiger partial charge < -0.3 is 15.2 Å². The largest absolute Gasteiger partial charge is 0.417 e. The lowest BCUT2D eigenvalue weighted by Crippen LogP contribution is -2.46. The van der Waals surface area contributed by atoms with Crippen molar-refractivity contribution in [2.75, 3.05) is 25.0 Å². The molecule has 0 aliphatic carbocycles. The van der Waals surface area contributed by atoms with Crippen molar-refractivity contribution in [1.29, 1.82) is 0 Å². The fourth-order valence-electron chi connectivity index (χ4n) is 4.89. The standard InChI is InChI=1S/C25H24F4N6O/c1-34(24(36)19-7-6-15(26)14-20(19)25(27,28)29)16-9-12-35(13-10-16)23-18-5-3-2-4-17(18)22(32-33-23)21-8-11-30-31-21/h2-7,11,14,16,21,31H,8-10,12-13H2,1H3. The summed E-state index contributed by atoms with van der Waals surface area (Å²) in [4.78, 5) is 16.4. The number of rotatable bonds is 4. The summed E-state index contributed by atoms with van der Waals surface area (Å²) in [7, 11) is 1.49. The van der Waals surface area contributed by atoms with E-state index in [9.17, 15) is 22.4 Å². The second-order valence-electron chi connectivity index (χ2n) is 9.01. The second-order valence-corrected chi connectivity index (χ2v) is 9.01. The molecule has 188 valence electrons. The molecule has 3 aromatic rings. The number of alkyl halides is 3.